The molecule has 7 heteroatoms. The van der Waals surface area contributed by atoms with Crippen molar-refractivity contribution < 1.29 is 14.3 Å². The predicted molar refractivity (Wildman–Crippen MR) is 71.6 cm³/mol. The number of carboxylic acids is 1. The molecule has 0 bridgehead atoms. The van der Waals surface area contributed by atoms with Crippen molar-refractivity contribution in [1.29, 1.82) is 0 Å². The van der Waals surface area contributed by atoms with Crippen molar-refractivity contribution in [3.05, 3.63) is 40.9 Å². The topological polar surface area (TPSA) is 55.1 Å². The minimum absolute atomic E-state index is 0.140. The molecule has 1 aromatic carbocycles. The van der Waals surface area contributed by atoms with Crippen LogP contribution in [-0.2, 0) is 4.79 Å². The summed E-state index contributed by atoms with van der Waals surface area (Å²) in [6.07, 6.45) is 1.56. The maximum Gasteiger partial charge on any atom is 0.313 e. The molecule has 1 N–H and O–H groups in total. The third-order valence-electron chi connectivity index (χ3n) is 2.38. The minimum atomic E-state index is -0.955. The number of rotatable bonds is 4. The number of aromatic nitrogens is 2. The average Bonchev–Trinajstić information content (AvgIpc) is 2.71. The van der Waals surface area contributed by atoms with Crippen LogP contribution in [0.1, 0.15) is 5.69 Å². The van der Waals surface area contributed by atoms with Crippen LogP contribution in [-0.4, -0.2) is 26.4 Å². The summed E-state index contributed by atoms with van der Waals surface area (Å²) in [5, 5.41) is 9.51. The van der Waals surface area contributed by atoms with Crippen LogP contribution in [0.5, 0.6) is 0 Å². The van der Waals surface area contributed by atoms with E-state index in [0.717, 1.165) is 11.8 Å². The van der Waals surface area contributed by atoms with Crippen LogP contribution in [0.2, 0.25) is 5.02 Å². The molecule has 0 aliphatic heterocycles. The number of aliphatic carboxylic acids is 1. The molecule has 0 aliphatic rings. The van der Waals surface area contributed by atoms with E-state index in [0.29, 0.717) is 15.9 Å². The van der Waals surface area contributed by atoms with Crippen molar-refractivity contribution in [2.24, 2.45) is 0 Å². The number of imidazole rings is 1. The first kappa shape index (κ1) is 13.9. The number of carbonyl (C=O) groups is 1. The summed E-state index contributed by atoms with van der Waals surface area (Å²) in [5.74, 6) is -1.54. The Morgan fingerprint density at radius 3 is 3.00 bits per heavy atom. The summed E-state index contributed by atoms with van der Waals surface area (Å²) >= 11 is 6.89. The largest absolute Gasteiger partial charge is 0.481 e. The fourth-order valence-electron chi connectivity index (χ4n) is 1.59. The Labute approximate surface area is 118 Å². The summed E-state index contributed by atoms with van der Waals surface area (Å²) < 4.78 is 15.4. The van der Waals surface area contributed by atoms with Gasteiger partial charge in [-0.1, -0.05) is 23.4 Å². The molecule has 100 valence electrons. The number of halogens is 2. The summed E-state index contributed by atoms with van der Waals surface area (Å²) in [7, 11) is 0. The Morgan fingerprint density at radius 2 is 2.32 bits per heavy atom. The quantitative estimate of drug-likeness (QED) is 0.881. The van der Waals surface area contributed by atoms with E-state index in [4.69, 9.17) is 16.7 Å². The molecule has 2 rings (SSSR count). The first-order valence-corrected chi connectivity index (χ1v) is 6.69. The molecule has 0 atom stereocenters. The number of carboxylic acid groups (broad SMARTS) is 1. The molecule has 0 unspecified atom stereocenters. The van der Waals surface area contributed by atoms with Gasteiger partial charge in [-0.3, -0.25) is 9.36 Å². The van der Waals surface area contributed by atoms with Gasteiger partial charge >= 0.3 is 5.97 Å². The molecule has 0 fully saturated rings. The molecule has 0 amide bonds. The first-order valence-electron chi connectivity index (χ1n) is 5.33. The Hall–Kier alpha value is -1.53. The number of hydrogen-bond donors (Lipinski definition) is 1. The Kier molecular flexibility index (Phi) is 4.11. The molecule has 0 spiro atoms. The second kappa shape index (κ2) is 5.63. The summed E-state index contributed by atoms with van der Waals surface area (Å²) in [6.45, 7) is 1.76. The monoisotopic (exact) mass is 300 g/mol. The van der Waals surface area contributed by atoms with Crippen LogP contribution >= 0.6 is 23.4 Å². The lowest BCUT2D eigenvalue weighted by Crippen LogP contribution is -2.04. The van der Waals surface area contributed by atoms with Crippen molar-refractivity contribution in [3.8, 4) is 5.69 Å². The normalized spacial score (nSPS) is 10.7. The van der Waals surface area contributed by atoms with Crippen molar-refractivity contribution in [1.82, 2.24) is 9.55 Å². The Bertz CT molecular complexity index is 630. The van der Waals surface area contributed by atoms with E-state index < -0.39 is 11.8 Å². The van der Waals surface area contributed by atoms with Crippen LogP contribution in [0.15, 0.2) is 29.6 Å². The zero-order valence-corrected chi connectivity index (χ0v) is 11.5. The lowest BCUT2D eigenvalue weighted by Gasteiger charge is -2.10. The average molecular weight is 301 g/mol. The van der Waals surface area contributed by atoms with Crippen LogP contribution in [0.25, 0.3) is 5.69 Å². The first-order chi connectivity index (χ1) is 8.99. The van der Waals surface area contributed by atoms with Gasteiger partial charge in [-0.2, -0.15) is 0 Å². The predicted octanol–water partition coefficient (Wildman–Crippen LogP) is 3.15. The van der Waals surface area contributed by atoms with Gasteiger partial charge in [-0.25, -0.2) is 9.37 Å². The molecule has 19 heavy (non-hydrogen) atoms. The molecule has 1 heterocycles. The van der Waals surface area contributed by atoms with E-state index in [-0.39, 0.29) is 11.4 Å². The SMILES string of the molecule is Cc1cnc(SCC(=O)O)n1-c1cc(Cl)ccc1F. The highest BCUT2D eigenvalue weighted by Crippen LogP contribution is 2.26. The van der Waals surface area contributed by atoms with Gasteiger partial charge in [0.05, 0.1) is 11.4 Å². The third-order valence-corrected chi connectivity index (χ3v) is 3.55. The fraction of sp³-hybridized carbons (Fsp3) is 0.167. The van der Waals surface area contributed by atoms with E-state index >= 15 is 0 Å². The summed E-state index contributed by atoms with van der Waals surface area (Å²) in [6, 6.07) is 4.20. The zero-order chi connectivity index (χ0) is 14.0. The smallest absolute Gasteiger partial charge is 0.313 e. The molecule has 0 saturated heterocycles. The molecule has 1 aromatic heterocycles. The van der Waals surface area contributed by atoms with Crippen LogP contribution in [0.3, 0.4) is 0 Å². The van der Waals surface area contributed by atoms with E-state index in [1.807, 2.05) is 0 Å². The summed E-state index contributed by atoms with van der Waals surface area (Å²) in [5.41, 5.74) is 0.962. The second-order valence-electron chi connectivity index (χ2n) is 3.80. The lowest BCUT2D eigenvalue weighted by atomic mass is 10.3. The number of hydrogen-bond acceptors (Lipinski definition) is 3. The summed E-state index contributed by atoms with van der Waals surface area (Å²) in [4.78, 5) is 14.7. The van der Waals surface area contributed by atoms with Crippen molar-refractivity contribution in [2.45, 2.75) is 12.1 Å². The standard InChI is InChI=1S/C12H10ClFN2O2S/c1-7-5-15-12(19-6-11(17)18)16(7)10-4-8(13)2-3-9(10)14/h2-5H,6H2,1H3,(H,17,18). The Morgan fingerprint density at radius 1 is 1.58 bits per heavy atom. The highest BCUT2D eigenvalue weighted by atomic mass is 35.5. The number of aryl methyl sites for hydroxylation is 1. The van der Waals surface area contributed by atoms with Crippen molar-refractivity contribution in [3.63, 3.8) is 0 Å². The van der Waals surface area contributed by atoms with Crippen molar-refractivity contribution in [2.75, 3.05) is 5.75 Å². The second-order valence-corrected chi connectivity index (χ2v) is 5.17. The van der Waals surface area contributed by atoms with E-state index in [1.54, 1.807) is 17.7 Å². The van der Waals surface area contributed by atoms with E-state index in [1.165, 1.54) is 18.2 Å². The number of benzene rings is 1. The van der Waals surface area contributed by atoms with Gasteiger partial charge in [0.25, 0.3) is 0 Å². The highest BCUT2D eigenvalue weighted by molar-refractivity contribution is 7.99. The maximum absolute atomic E-state index is 13.9. The van der Waals surface area contributed by atoms with Gasteiger partial charge in [-0.05, 0) is 25.1 Å². The van der Waals surface area contributed by atoms with E-state index in [9.17, 15) is 9.18 Å². The molecule has 0 aliphatic carbocycles. The van der Waals surface area contributed by atoms with Gasteiger partial charge in [0, 0.05) is 16.9 Å². The van der Waals surface area contributed by atoms with Crippen LogP contribution < -0.4 is 0 Å². The van der Waals surface area contributed by atoms with Gasteiger partial charge in [0.2, 0.25) is 0 Å². The van der Waals surface area contributed by atoms with Gasteiger partial charge < -0.3 is 5.11 Å². The molecule has 4 nitrogen and oxygen atoms in total. The molecule has 0 saturated carbocycles. The van der Waals surface area contributed by atoms with Crippen molar-refractivity contribution >= 4 is 29.3 Å². The van der Waals surface area contributed by atoms with Crippen LogP contribution in [0.4, 0.5) is 4.39 Å². The van der Waals surface area contributed by atoms with Gasteiger partial charge in [0.15, 0.2) is 5.16 Å². The lowest BCUT2D eigenvalue weighted by molar-refractivity contribution is -0.133. The van der Waals surface area contributed by atoms with Gasteiger partial charge in [-0.15, -0.1) is 0 Å². The molecule has 2 aromatic rings. The van der Waals surface area contributed by atoms with Crippen LogP contribution in [0, 0.1) is 12.7 Å². The van der Waals surface area contributed by atoms with Gasteiger partial charge in [0.1, 0.15) is 5.82 Å². The number of thioether (sulfide) groups is 1. The Balaban J connectivity index is 2.46. The molecular weight excluding hydrogens is 291 g/mol. The number of nitrogens with zero attached hydrogens (tertiary/aromatic N) is 2. The third kappa shape index (κ3) is 3.08. The highest BCUT2D eigenvalue weighted by Gasteiger charge is 2.14. The molecule has 0 radical (unpaired) electrons. The zero-order valence-electron chi connectivity index (χ0n) is 9.93. The fourth-order valence-corrected chi connectivity index (χ4v) is 2.51. The maximum atomic E-state index is 13.9. The molecular formula is C12H10ClFN2O2S. The van der Waals surface area contributed by atoms with E-state index in [2.05, 4.69) is 4.98 Å². The minimum Gasteiger partial charge on any atom is -0.481 e.